The van der Waals surface area contributed by atoms with Crippen LogP contribution in [0.5, 0.6) is 17.2 Å². The van der Waals surface area contributed by atoms with E-state index in [1.807, 2.05) is 0 Å². The number of pyridine rings is 1. The number of halogens is 2. The Kier molecular flexibility index (Phi) is 6.60. The molecule has 1 amide bonds. The number of carbonyl (C=O) groups excluding carboxylic acids is 2. The molecule has 2 aromatic heterocycles. The number of carbonyl (C=O) groups is 2. The Morgan fingerprint density at radius 3 is 2.32 bits per heavy atom. The van der Waals surface area contributed by atoms with Crippen molar-refractivity contribution in [2.24, 2.45) is 0 Å². The van der Waals surface area contributed by atoms with Crippen LogP contribution in [0.1, 0.15) is 17.2 Å². The molecule has 0 radical (unpaired) electrons. The fourth-order valence-electron chi connectivity index (χ4n) is 4.39. The highest BCUT2D eigenvalue weighted by molar-refractivity contribution is 6.51. The Morgan fingerprint density at radius 2 is 1.71 bits per heavy atom. The number of H-pyrrole nitrogens is 1. The molecule has 1 aliphatic rings. The van der Waals surface area contributed by atoms with Crippen molar-refractivity contribution in [2.45, 2.75) is 6.04 Å². The second-order valence-electron chi connectivity index (χ2n) is 8.21. The minimum Gasteiger partial charge on any atom is -0.507 e. The number of anilines is 1. The lowest BCUT2D eigenvalue weighted by Gasteiger charge is -2.22. The number of Topliss-reactive ketones (excluding diaryl/α,β-unsaturated/α-hetero) is 1. The zero-order valence-corrected chi connectivity index (χ0v) is 21.8. The van der Waals surface area contributed by atoms with Gasteiger partial charge in [-0.25, -0.2) is 4.98 Å². The number of fused-ring (bicyclic) bond motifs is 1. The third-order valence-corrected chi connectivity index (χ3v) is 6.68. The molecule has 1 unspecified atom stereocenters. The molecule has 1 fully saturated rings. The molecule has 0 saturated carbocycles. The maximum Gasteiger partial charge on any atom is 0.302 e. The molecule has 3 heterocycles. The molecule has 0 bridgehead atoms. The SMILES string of the molecule is COc1cc2nc(N3C(=O)C(=O)/C(=C(/O)c4cc(Cl)c(OC)c(Cl)c4)C3c3cccnc3)[nH]c2cc1OC. The second kappa shape index (κ2) is 9.88. The van der Waals surface area contributed by atoms with Gasteiger partial charge in [0.1, 0.15) is 5.76 Å². The Hall–Kier alpha value is -4.28. The fraction of sp³-hybridized carbons (Fsp3) is 0.154. The summed E-state index contributed by atoms with van der Waals surface area (Å²) >= 11 is 12.5. The third kappa shape index (κ3) is 4.07. The Bertz CT molecular complexity index is 1560. The van der Waals surface area contributed by atoms with Gasteiger partial charge in [-0.1, -0.05) is 29.3 Å². The van der Waals surface area contributed by atoms with E-state index in [1.54, 1.807) is 30.5 Å². The van der Waals surface area contributed by atoms with Gasteiger partial charge >= 0.3 is 5.91 Å². The molecular weight excluding hydrogens is 535 g/mol. The summed E-state index contributed by atoms with van der Waals surface area (Å²) in [5.41, 5.74) is 1.42. The molecule has 0 aliphatic carbocycles. The maximum atomic E-state index is 13.4. The van der Waals surface area contributed by atoms with E-state index in [0.29, 0.717) is 28.1 Å². The number of ether oxygens (including phenoxy) is 3. The number of hydrogen-bond acceptors (Lipinski definition) is 8. The molecule has 1 aliphatic heterocycles. The number of hydrogen-bond donors (Lipinski definition) is 2. The van der Waals surface area contributed by atoms with Crippen LogP contribution in [0.25, 0.3) is 16.8 Å². The molecule has 38 heavy (non-hydrogen) atoms. The lowest BCUT2D eigenvalue weighted by molar-refractivity contribution is -0.132. The number of nitrogens with zero attached hydrogens (tertiary/aromatic N) is 3. The minimum absolute atomic E-state index is 0.0797. The normalized spacial score (nSPS) is 16.8. The maximum absolute atomic E-state index is 13.4. The minimum atomic E-state index is -1.06. The molecule has 0 spiro atoms. The molecule has 12 heteroatoms. The van der Waals surface area contributed by atoms with Gasteiger partial charge in [0, 0.05) is 30.1 Å². The van der Waals surface area contributed by atoms with Crippen LogP contribution < -0.4 is 19.1 Å². The fourth-order valence-corrected chi connectivity index (χ4v) is 5.03. The van der Waals surface area contributed by atoms with E-state index < -0.39 is 23.5 Å². The zero-order chi connectivity index (χ0) is 27.1. The monoisotopic (exact) mass is 554 g/mol. The van der Waals surface area contributed by atoms with Gasteiger partial charge in [0.05, 0.1) is 54.0 Å². The Morgan fingerprint density at radius 1 is 1.03 bits per heavy atom. The lowest BCUT2D eigenvalue weighted by atomic mass is 9.96. The van der Waals surface area contributed by atoms with Crippen LogP contribution in [0.2, 0.25) is 10.0 Å². The lowest BCUT2D eigenvalue weighted by Crippen LogP contribution is -2.30. The molecule has 2 aromatic carbocycles. The first kappa shape index (κ1) is 25.4. The van der Waals surface area contributed by atoms with Crippen molar-refractivity contribution in [3.63, 3.8) is 0 Å². The summed E-state index contributed by atoms with van der Waals surface area (Å²) in [5, 5.41) is 11.6. The van der Waals surface area contributed by atoms with Crippen molar-refractivity contribution in [2.75, 3.05) is 26.2 Å². The number of aromatic nitrogens is 3. The third-order valence-electron chi connectivity index (χ3n) is 6.12. The molecule has 1 saturated heterocycles. The number of aromatic amines is 1. The summed E-state index contributed by atoms with van der Waals surface area (Å²) < 4.78 is 15.9. The van der Waals surface area contributed by atoms with Crippen LogP contribution in [0.4, 0.5) is 5.95 Å². The topological polar surface area (TPSA) is 127 Å². The van der Waals surface area contributed by atoms with Crippen LogP contribution in [-0.2, 0) is 9.59 Å². The largest absolute Gasteiger partial charge is 0.507 e. The van der Waals surface area contributed by atoms with Crippen LogP contribution in [-0.4, -0.2) is 53.1 Å². The summed E-state index contributed by atoms with van der Waals surface area (Å²) in [7, 11) is 4.40. The molecule has 1 atom stereocenters. The smallest absolute Gasteiger partial charge is 0.302 e. The summed E-state index contributed by atoms with van der Waals surface area (Å²) in [4.78, 5) is 39.7. The summed E-state index contributed by atoms with van der Waals surface area (Å²) in [6, 6.07) is 8.39. The van der Waals surface area contributed by atoms with Gasteiger partial charge in [-0.3, -0.25) is 19.5 Å². The number of ketones is 1. The van der Waals surface area contributed by atoms with Gasteiger partial charge in [0.25, 0.3) is 5.78 Å². The molecule has 10 nitrogen and oxygen atoms in total. The molecule has 4 aromatic rings. The number of methoxy groups -OCH3 is 3. The molecule has 5 rings (SSSR count). The van der Waals surface area contributed by atoms with Crippen molar-refractivity contribution in [3.05, 3.63) is 75.5 Å². The van der Waals surface area contributed by atoms with Gasteiger partial charge in [-0.15, -0.1) is 0 Å². The predicted octanol–water partition coefficient (Wildman–Crippen LogP) is 4.92. The van der Waals surface area contributed by atoms with E-state index in [2.05, 4.69) is 15.0 Å². The van der Waals surface area contributed by atoms with E-state index in [0.717, 1.165) is 0 Å². The quantitative estimate of drug-likeness (QED) is 0.195. The van der Waals surface area contributed by atoms with E-state index >= 15 is 0 Å². The van der Waals surface area contributed by atoms with Gasteiger partial charge in [-0.2, -0.15) is 0 Å². The Balaban J connectivity index is 1.72. The van der Waals surface area contributed by atoms with Gasteiger partial charge in [-0.05, 0) is 23.8 Å². The number of amides is 1. The number of aliphatic hydroxyl groups excluding tert-OH is 1. The Labute approximate surface area is 226 Å². The van der Waals surface area contributed by atoms with Crippen LogP contribution in [0.3, 0.4) is 0 Å². The van der Waals surface area contributed by atoms with Gasteiger partial charge < -0.3 is 24.3 Å². The van der Waals surface area contributed by atoms with E-state index in [-0.39, 0.29) is 32.9 Å². The molecule has 194 valence electrons. The zero-order valence-electron chi connectivity index (χ0n) is 20.3. The van der Waals surface area contributed by atoms with Crippen LogP contribution >= 0.6 is 23.2 Å². The first-order chi connectivity index (χ1) is 18.3. The van der Waals surface area contributed by atoms with E-state index in [1.165, 1.54) is 44.6 Å². The highest BCUT2D eigenvalue weighted by Gasteiger charge is 2.48. The van der Waals surface area contributed by atoms with Gasteiger partial charge in [0.15, 0.2) is 17.2 Å². The van der Waals surface area contributed by atoms with Crippen LogP contribution in [0, 0.1) is 0 Å². The van der Waals surface area contributed by atoms with E-state index in [4.69, 9.17) is 37.4 Å². The number of nitrogens with one attached hydrogen (secondary N) is 1. The van der Waals surface area contributed by atoms with Crippen molar-refractivity contribution in [1.82, 2.24) is 15.0 Å². The first-order valence-electron chi connectivity index (χ1n) is 11.1. The predicted molar refractivity (Wildman–Crippen MR) is 141 cm³/mol. The van der Waals surface area contributed by atoms with Crippen molar-refractivity contribution < 1.29 is 28.9 Å². The second-order valence-corrected chi connectivity index (χ2v) is 9.03. The highest BCUT2D eigenvalue weighted by Crippen LogP contribution is 2.43. The average molecular weight is 555 g/mol. The number of rotatable bonds is 6. The van der Waals surface area contributed by atoms with Crippen molar-refractivity contribution in [3.8, 4) is 17.2 Å². The molecular formula is C26H20Cl2N4O6. The van der Waals surface area contributed by atoms with E-state index in [9.17, 15) is 14.7 Å². The van der Waals surface area contributed by atoms with Gasteiger partial charge in [0.2, 0.25) is 5.95 Å². The number of imidazole rings is 1. The highest BCUT2D eigenvalue weighted by atomic mass is 35.5. The summed E-state index contributed by atoms with van der Waals surface area (Å²) in [5.74, 6) is -1.10. The standard InChI is InChI=1S/C26H20Cl2N4O6/c1-36-18-9-16-17(10-19(18)37-2)31-26(30-16)32-21(12-5-4-6-29-11-12)20(23(34)25(32)35)22(33)13-7-14(27)24(38-3)15(28)8-13/h4-11,21,33H,1-3H3,(H,30,31)/b22-20+. The summed E-state index contributed by atoms with van der Waals surface area (Å²) in [6.07, 6.45) is 3.05. The summed E-state index contributed by atoms with van der Waals surface area (Å²) in [6.45, 7) is 0. The van der Waals surface area contributed by atoms with Crippen molar-refractivity contribution in [1.29, 1.82) is 0 Å². The van der Waals surface area contributed by atoms with Crippen LogP contribution in [0.15, 0.2) is 54.4 Å². The molecule has 2 N–H and O–H groups in total. The first-order valence-corrected chi connectivity index (χ1v) is 11.9. The number of benzene rings is 2. The van der Waals surface area contributed by atoms with Crippen molar-refractivity contribution >= 4 is 57.6 Å². The number of aliphatic hydroxyl groups is 1. The average Bonchev–Trinajstić information content (AvgIpc) is 3.44.